The summed E-state index contributed by atoms with van der Waals surface area (Å²) in [7, 11) is 1.72. The number of carbonyl (C=O) groups excluding carboxylic acids is 1. The van der Waals surface area contributed by atoms with Crippen LogP contribution in [0.1, 0.15) is 16.3 Å². The lowest BCUT2D eigenvalue weighted by Gasteiger charge is -2.09. The number of nitrogens with two attached hydrogens (primary N) is 1. The van der Waals surface area contributed by atoms with Gasteiger partial charge in [-0.1, -0.05) is 11.6 Å². The van der Waals surface area contributed by atoms with Crippen LogP contribution in [0.5, 0.6) is 0 Å². The Bertz CT molecular complexity index is 599. The fraction of sp³-hybridized carbons (Fsp3) is 0.182. The van der Waals surface area contributed by atoms with Crippen molar-refractivity contribution < 1.29 is 9.21 Å². The summed E-state index contributed by atoms with van der Waals surface area (Å²) in [5.74, 6) is 0.615. The smallest absolute Gasteiger partial charge is 0.284 e. The van der Waals surface area contributed by atoms with E-state index >= 15 is 0 Å². The first-order valence-electron chi connectivity index (χ1n) is 5.42. The van der Waals surface area contributed by atoms with Crippen LogP contribution >= 0.6 is 11.6 Å². The van der Waals surface area contributed by atoms with Gasteiger partial charge in [0.05, 0.1) is 6.54 Å². The highest BCUT2D eigenvalue weighted by atomic mass is 35.5. The number of nitrogens with one attached hydrogen (secondary N) is 2. The summed E-state index contributed by atoms with van der Waals surface area (Å²) in [5.41, 5.74) is 5.69. The molecule has 0 radical (unpaired) electrons. The molecule has 0 spiro atoms. The fourth-order valence-electron chi connectivity index (χ4n) is 1.50. The van der Waals surface area contributed by atoms with Gasteiger partial charge in [0.25, 0.3) is 5.91 Å². The van der Waals surface area contributed by atoms with E-state index in [0.29, 0.717) is 29.0 Å². The molecule has 1 amide bonds. The van der Waals surface area contributed by atoms with E-state index in [0.717, 1.165) is 0 Å². The predicted octanol–water partition coefficient (Wildman–Crippen LogP) is 1.48. The molecule has 4 N–H and O–H groups in total. The predicted molar refractivity (Wildman–Crippen MR) is 71.1 cm³/mol. The SMILES string of the molecule is CNc1c(Cl)ncnc1NCc1ccc(C(N)=O)o1. The lowest BCUT2D eigenvalue weighted by Crippen LogP contribution is -2.09. The molecule has 19 heavy (non-hydrogen) atoms. The second-order valence-corrected chi connectivity index (χ2v) is 3.98. The first kappa shape index (κ1) is 13.2. The molecular weight excluding hydrogens is 270 g/mol. The first-order chi connectivity index (χ1) is 9.11. The van der Waals surface area contributed by atoms with Crippen LogP contribution in [0.25, 0.3) is 0 Å². The molecule has 0 fully saturated rings. The minimum Gasteiger partial charge on any atom is -0.454 e. The van der Waals surface area contributed by atoms with E-state index in [1.54, 1.807) is 13.1 Å². The molecule has 8 heteroatoms. The topological polar surface area (TPSA) is 106 Å². The number of hydrogen-bond acceptors (Lipinski definition) is 6. The third kappa shape index (κ3) is 2.94. The van der Waals surface area contributed by atoms with Crippen molar-refractivity contribution in [2.75, 3.05) is 17.7 Å². The second-order valence-electron chi connectivity index (χ2n) is 3.62. The van der Waals surface area contributed by atoms with Crippen molar-refractivity contribution in [3.05, 3.63) is 35.1 Å². The number of amides is 1. The summed E-state index contributed by atoms with van der Waals surface area (Å²) in [6, 6.07) is 3.18. The number of anilines is 2. The Labute approximate surface area is 114 Å². The number of halogens is 1. The summed E-state index contributed by atoms with van der Waals surface area (Å²) in [6.07, 6.45) is 1.35. The third-order valence-electron chi connectivity index (χ3n) is 2.39. The van der Waals surface area contributed by atoms with Gasteiger partial charge < -0.3 is 20.8 Å². The summed E-state index contributed by atoms with van der Waals surface area (Å²) in [6.45, 7) is 0.343. The maximum Gasteiger partial charge on any atom is 0.284 e. The lowest BCUT2D eigenvalue weighted by molar-refractivity contribution is 0.0972. The number of rotatable bonds is 5. The van der Waals surface area contributed by atoms with Crippen molar-refractivity contribution in [1.29, 1.82) is 0 Å². The van der Waals surface area contributed by atoms with E-state index in [1.807, 2.05) is 0 Å². The minimum atomic E-state index is -0.604. The van der Waals surface area contributed by atoms with Crippen molar-refractivity contribution >= 4 is 29.0 Å². The minimum absolute atomic E-state index is 0.117. The van der Waals surface area contributed by atoms with Gasteiger partial charge in [-0.15, -0.1) is 0 Å². The Morgan fingerprint density at radius 3 is 2.89 bits per heavy atom. The number of furan rings is 1. The van der Waals surface area contributed by atoms with Crippen LogP contribution in [0.3, 0.4) is 0 Å². The van der Waals surface area contributed by atoms with Gasteiger partial charge in [-0.3, -0.25) is 4.79 Å². The molecule has 7 nitrogen and oxygen atoms in total. The molecular formula is C11H12ClN5O2. The molecule has 2 aromatic rings. The number of hydrogen-bond donors (Lipinski definition) is 3. The van der Waals surface area contributed by atoms with E-state index in [-0.39, 0.29) is 5.76 Å². The zero-order chi connectivity index (χ0) is 13.8. The highest BCUT2D eigenvalue weighted by molar-refractivity contribution is 6.32. The molecule has 0 aromatic carbocycles. The number of carbonyl (C=O) groups is 1. The highest BCUT2D eigenvalue weighted by Gasteiger charge is 2.10. The number of primary amides is 1. The maximum atomic E-state index is 10.9. The van der Waals surface area contributed by atoms with Gasteiger partial charge >= 0.3 is 0 Å². The molecule has 0 bridgehead atoms. The lowest BCUT2D eigenvalue weighted by atomic mass is 10.4. The van der Waals surface area contributed by atoms with Gasteiger partial charge in [0.1, 0.15) is 17.8 Å². The molecule has 2 heterocycles. The van der Waals surface area contributed by atoms with Gasteiger partial charge in [0.15, 0.2) is 16.7 Å². The van der Waals surface area contributed by atoms with Crippen molar-refractivity contribution in [2.45, 2.75) is 6.54 Å². The summed E-state index contributed by atoms with van der Waals surface area (Å²) in [5, 5.41) is 6.25. The monoisotopic (exact) mass is 281 g/mol. The zero-order valence-electron chi connectivity index (χ0n) is 10.1. The van der Waals surface area contributed by atoms with Crippen molar-refractivity contribution in [3.8, 4) is 0 Å². The molecule has 100 valence electrons. The summed E-state index contributed by atoms with van der Waals surface area (Å²) >= 11 is 5.92. The largest absolute Gasteiger partial charge is 0.454 e. The van der Waals surface area contributed by atoms with Gasteiger partial charge in [0.2, 0.25) is 0 Å². The standard InChI is InChI=1S/C11H12ClN5O2/c1-14-8-9(12)16-5-17-11(8)15-4-6-2-3-7(19-6)10(13)18/h2-3,5,14H,4H2,1H3,(H2,13,18)(H,15,16,17). The summed E-state index contributed by atoms with van der Waals surface area (Å²) in [4.78, 5) is 18.8. The van der Waals surface area contributed by atoms with Crippen LogP contribution in [0, 0.1) is 0 Å². The molecule has 0 aliphatic carbocycles. The third-order valence-corrected chi connectivity index (χ3v) is 2.67. The van der Waals surface area contributed by atoms with E-state index in [1.165, 1.54) is 12.4 Å². The molecule has 0 aliphatic heterocycles. The van der Waals surface area contributed by atoms with E-state index in [2.05, 4.69) is 20.6 Å². The molecule has 0 saturated heterocycles. The highest BCUT2D eigenvalue weighted by Crippen LogP contribution is 2.25. The molecule has 0 atom stereocenters. The summed E-state index contributed by atoms with van der Waals surface area (Å²) < 4.78 is 5.24. The first-order valence-corrected chi connectivity index (χ1v) is 5.80. The average Bonchev–Trinajstić information content (AvgIpc) is 2.85. The van der Waals surface area contributed by atoms with E-state index < -0.39 is 5.91 Å². The Kier molecular flexibility index (Phi) is 3.86. The van der Waals surface area contributed by atoms with Gasteiger partial charge in [-0.25, -0.2) is 9.97 Å². The Morgan fingerprint density at radius 2 is 2.26 bits per heavy atom. The van der Waals surface area contributed by atoms with Gasteiger partial charge in [-0.2, -0.15) is 0 Å². The zero-order valence-corrected chi connectivity index (χ0v) is 10.9. The van der Waals surface area contributed by atoms with Crippen LogP contribution < -0.4 is 16.4 Å². The van der Waals surface area contributed by atoms with Crippen molar-refractivity contribution in [3.63, 3.8) is 0 Å². The number of nitrogens with zero attached hydrogens (tertiary/aromatic N) is 2. The van der Waals surface area contributed by atoms with Crippen LogP contribution in [0.4, 0.5) is 11.5 Å². The van der Waals surface area contributed by atoms with Crippen LogP contribution in [0.15, 0.2) is 22.9 Å². The Balaban J connectivity index is 2.10. The fourth-order valence-corrected chi connectivity index (χ4v) is 1.72. The number of aromatic nitrogens is 2. The van der Waals surface area contributed by atoms with Crippen LogP contribution in [-0.4, -0.2) is 22.9 Å². The van der Waals surface area contributed by atoms with Crippen molar-refractivity contribution in [1.82, 2.24) is 9.97 Å². The quantitative estimate of drug-likeness (QED) is 0.717. The van der Waals surface area contributed by atoms with Crippen LogP contribution in [-0.2, 0) is 6.54 Å². The van der Waals surface area contributed by atoms with E-state index in [9.17, 15) is 4.79 Å². The molecule has 2 aromatic heterocycles. The maximum absolute atomic E-state index is 10.9. The van der Waals surface area contributed by atoms with Gasteiger partial charge in [0, 0.05) is 7.05 Å². The Hall–Kier alpha value is -2.28. The average molecular weight is 282 g/mol. The normalized spacial score (nSPS) is 10.2. The molecule has 2 rings (SSSR count). The van der Waals surface area contributed by atoms with Crippen LogP contribution in [0.2, 0.25) is 5.15 Å². The van der Waals surface area contributed by atoms with Crippen molar-refractivity contribution in [2.24, 2.45) is 5.73 Å². The molecule has 0 saturated carbocycles. The molecule has 0 unspecified atom stereocenters. The van der Waals surface area contributed by atoms with Gasteiger partial charge in [-0.05, 0) is 12.1 Å². The second kappa shape index (κ2) is 5.57. The van der Waals surface area contributed by atoms with E-state index in [4.69, 9.17) is 21.8 Å². The Morgan fingerprint density at radius 1 is 1.47 bits per heavy atom. The molecule has 0 aliphatic rings.